The van der Waals surface area contributed by atoms with Gasteiger partial charge in [-0.25, -0.2) is 0 Å². The molecule has 98 valence electrons. The zero-order chi connectivity index (χ0) is 13.1. The molecule has 1 saturated carbocycles. The van der Waals surface area contributed by atoms with Gasteiger partial charge in [0.25, 0.3) is 5.91 Å². The summed E-state index contributed by atoms with van der Waals surface area (Å²) >= 11 is 5.92. The molecule has 18 heavy (non-hydrogen) atoms. The molecule has 2 rings (SSSR count). The molecule has 0 bridgehead atoms. The van der Waals surface area contributed by atoms with Crippen LogP contribution in [0.5, 0.6) is 0 Å². The van der Waals surface area contributed by atoms with E-state index < -0.39 is 0 Å². The second-order valence-corrected chi connectivity index (χ2v) is 5.32. The lowest BCUT2D eigenvalue weighted by molar-refractivity contribution is 0.0929. The van der Waals surface area contributed by atoms with Crippen molar-refractivity contribution in [3.8, 4) is 0 Å². The standard InChI is InChI=1S/C14H19ClN2O/c1-9-6-7-12(10(2)16-9)14(18)17-13-5-3-4-11(13)8-15/h6-7,11,13H,3-5,8H2,1-2H3,(H,17,18). The molecular weight excluding hydrogens is 248 g/mol. The van der Waals surface area contributed by atoms with Gasteiger partial charge in [0.15, 0.2) is 0 Å². The summed E-state index contributed by atoms with van der Waals surface area (Å²) in [5, 5.41) is 3.09. The number of alkyl halides is 1. The maximum absolute atomic E-state index is 12.2. The molecule has 4 heteroatoms. The minimum Gasteiger partial charge on any atom is -0.349 e. The summed E-state index contributed by atoms with van der Waals surface area (Å²) in [6.07, 6.45) is 3.29. The van der Waals surface area contributed by atoms with Gasteiger partial charge in [-0.15, -0.1) is 11.6 Å². The van der Waals surface area contributed by atoms with Crippen molar-refractivity contribution in [1.82, 2.24) is 10.3 Å². The van der Waals surface area contributed by atoms with Crippen LogP contribution in [0, 0.1) is 19.8 Å². The third-order valence-electron chi connectivity index (χ3n) is 3.64. The molecule has 1 amide bonds. The summed E-state index contributed by atoms with van der Waals surface area (Å²) in [7, 11) is 0. The van der Waals surface area contributed by atoms with E-state index in [0.717, 1.165) is 30.7 Å². The van der Waals surface area contributed by atoms with Crippen LogP contribution in [0.15, 0.2) is 12.1 Å². The molecule has 0 saturated heterocycles. The van der Waals surface area contributed by atoms with Gasteiger partial charge in [-0.1, -0.05) is 6.42 Å². The van der Waals surface area contributed by atoms with Gasteiger partial charge in [-0.2, -0.15) is 0 Å². The first-order valence-corrected chi connectivity index (χ1v) is 6.96. The molecule has 1 fully saturated rings. The van der Waals surface area contributed by atoms with Crippen molar-refractivity contribution < 1.29 is 4.79 Å². The molecule has 2 atom stereocenters. The average Bonchev–Trinajstić information content (AvgIpc) is 2.76. The van der Waals surface area contributed by atoms with Gasteiger partial charge in [-0.05, 0) is 44.7 Å². The number of hydrogen-bond donors (Lipinski definition) is 1. The predicted molar refractivity (Wildman–Crippen MR) is 73.0 cm³/mol. The fourth-order valence-electron chi connectivity index (χ4n) is 2.58. The number of aryl methyl sites for hydroxylation is 2. The number of amides is 1. The number of aromatic nitrogens is 1. The van der Waals surface area contributed by atoms with E-state index in [1.54, 1.807) is 0 Å². The first-order chi connectivity index (χ1) is 8.61. The van der Waals surface area contributed by atoms with Crippen molar-refractivity contribution in [2.75, 3.05) is 5.88 Å². The lowest BCUT2D eigenvalue weighted by Gasteiger charge is -2.19. The molecule has 1 aliphatic rings. The maximum Gasteiger partial charge on any atom is 0.253 e. The summed E-state index contributed by atoms with van der Waals surface area (Å²) in [6, 6.07) is 3.93. The van der Waals surface area contributed by atoms with Gasteiger partial charge in [-0.3, -0.25) is 9.78 Å². The van der Waals surface area contributed by atoms with Crippen molar-refractivity contribution in [3.05, 3.63) is 29.1 Å². The SMILES string of the molecule is Cc1ccc(C(=O)NC2CCCC2CCl)c(C)n1. The highest BCUT2D eigenvalue weighted by molar-refractivity contribution is 6.18. The number of carbonyl (C=O) groups is 1. The summed E-state index contributed by atoms with van der Waals surface area (Å²) in [5.41, 5.74) is 2.39. The van der Waals surface area contributed by atoms with Gasteiger partial charge in [0.1, 0.15) is 0 Å². The fourth-order valence-corrected chi connectivity index (χ4v) is 2.95. The highest BCUT2D eigenvalue weighted by Gasteiger charge is 2.28. The minimum absolute atomic E-state index is 0.0259. The lowest BCUT2D eigenvalue weighted by atomic mass is 10.1. The van der Waals surface area contributed by atoms with Gasteiger partial charge in [0, 0.05) is 17.6 Å². The molecule has 0 spiro atoms. The number of rotatable bonds is 3. The van der Waals surface area contributed by atoms with Crippen LogP contribution in [-0.4, -0.2) is 22.8 Å². The Bertz CT molecular complexity index is 447. The number of nitrogens with zero attached hydrogens (tertiary/aromatic N) is 1. The van der Waals surface area contributed by atoms with Crippen molar-refractivity contribution in [3.63, 3.8) is 0 Å². The quantitative estimate of drug-likeness (QED) is 0.855. The molecule has 1 heterocycles. The number of halogens is 1. The Hall–Kier alpha value is -1.09. The van der Waals surface area contributed by atoms with Crippen LogP contribution in [0.1, 0.15) is 41.0 Å². The average molecular weight is 267 g/mol. The summed E-state index contributed by atoms with van der Waals surface area (Å²) in [4.78, 5) is 16.5. The zero-order valence-corrected chi connectivity index (χ0v) is 11.6. The Morgan fingerprint density at radius 1 is 1.44 bits per heavy atom. The van der Waals surface area contributed by atoms with Crippen LogP contribution in [-0.2, 0) is 0 Å². The number of nitrogens with one attached hydrogen (secondary N) is 1. The van der Waals surface area contributed by atoms with Crippen molar-refractivity contribution in [2.24, 2.45) is 5.92 Å². The molecule has 1 aromatic heterocycles. The third-order valence-corrected chi connectivity index (χ3v) is 4.04. The van der Waals surface area contributed by atoms with Crippen molar-refractivity contribution in [1.29, 1.82) is 0 Å². The van der Waals surface area contributed by atoms with Crippen LogP contribution in [0.25, 0.3) is 0 Å². The minimum atomic E-state index is -0.0259. The molecule has 2 unspecified atom stereocenters. The molecule has 0 aliphatic heterocycles. The second-order valence-electron chi connectivity index (χ2n) is 5.01. The van der Waals surface area contributed by atoms with Crippen molar-refractivity contribution in [2.45, 2.75) is 39.2 Å². The monoisotopic (exact) mass is 266 g/mol. The van der Waals surface area contributed by atoms with Gasteiger partial charge < -0.3 is 5.32 Å². The van der Waals surface area contributed by atoms with Crippen LogP contribution >= 0.6 is 11.6 Å². The molecule has 0 radical (unpaired) electrons. The van der Waals surface area contributed by atoms with Gasteiger partial charge in [0.05, 0.1) is 11.3 Å². The Kier molecular flexibility index (Phi) is 4.23. The Morgan fingerprint density at radius 2 is 2.22 bits per heavy atom. The van der Waals surface area contributed by atoms with E-state index in [2.05, 4.69) is 10.3 Å². The van der Waals surface area contributed by atoms with Gasteiger partial charge >= 0.3 is 0 Å². The smallest absolute Gasteiger partial charge is 0.253 e. The fraction of sp³-hybridized carbons (Fsp3) is 0.571. The van der Waals surface area contributed by atoms with Crippen LogP contribution in [0.3, 0.4) is 0 Å². The molecule has 1 aliphatic carbocycles. The van der Waals surface area contributed by atoms with E-state index in [-0.39, 0.29) is 11.9 Å². The molecular formula is C14H19ClN2O. The molecule has 3 nitrogen and oxygen atoms in total. The predicted octanol–water partition coefficient (Wildman–Crippen LogP) is 2.84. The van der Waals surface area contributed by atoms with Crippen LogP contribution in [0.2, 0.25) is 0 Å². The van der Waals surface area contributed by atoms with Crippen LogP contribution in [0.4, 0.5) is 0 Å². The van der Waals surface area contributed by atoms with Crippen molar-refractivity contribution >= 4 is 17.5 Å². The first-order valence-electron chi connectivity index (χ1n) is 6.43. The number of carbonyl (C=O) groups excluding carboxylic acids is 1. The molecule has 0 aromatic carbocycles. The summed E-state index contributed by atoms with van der Waals surface area (Å²) in [6.45, 7) is 3.80. The Labute approximate surface area is 113 Å². The number of pyridine rings is 1. The van der Waals surface area contributed by atoms with E-state index in [0.29, 0.717) is 17.4 Å². The molecule has 1 aromatic rings. The first kappa shape index (κ1) is 13.3. The lowest BCUT2D eigenvalue weighted by Crippen LogP contribution is -2.38. The topological polar surface area (TPSA) is 42.0 Å². The highest BCUT2D eigenvalue weighted by atomic mass is 35.5. The van der Waals surface area contributed by atoms with E-state index >= 15 is 0 Å². The molecule has 1 N–H and O–H groups in total. The zero-order valence-electron chi connectivity index (χ0n) is 10.9. The summed E-state index contributed by atoms with van der Waals surface area (Å²) < 4.78 is 0. The Balaban J connectivity index is 2.07. The summed E-state index contributed by atoms with van der Waals surface area (Å²) in [5.74, 6) is 1.01. The third kappa shape index (κ3) is 2.83. The normalized spacial score (nSPS) is 23.1. The second kappa shape index (κ2) is 5.70. The highest BCUT2D eigenvalue weighted by Crippen LogP contribution is 2.26. The van der Waals surface area contributed by atoms with Gasteiger partial charge in [0.2, 0.25) is 0 Å². The van der Waals surface area contributed by atoms with E-state index in [4.69, 9.17) is 11.6 Å². The Morgan fingerprint density at radius 3 is 2.89 bits per heavy atom. The van der Waals surface area contributed by atoms with E-state index in [9.17, 15) is 4.79 Å². The maximum atomic E-state index is 12.2. The largest absolute Gasteiger partial charge is 0.349 e. The van der Waals surface area contributed by atoms with E-state index in [1.807, 2.05) is 26.0 Å². The van der Waals surface area contributed by atoms with Crippen LogP contribution < -0.4 is 5.32 Å². The van der Waals surface area contributed by atoms with E-state index in [1.165, 1.54) is 0 Å². The number of hydrogen-bond acceptors (Lipinski definition) is 2.